The molecule has 1 aromatic rings. The van der Waals surface area contributed by atoms with E-state index in [1.165, 1.54) is 0 Å². The number of hydrogen-bond donors (Lipinski definition) is 0. The number of anilines is 1. The molecule has 112 valence electrons. The van der Waals surface area contributed by atoms with Gasteiger partial charge in [0.15, 0.2) is 5.82 Å². The Balaban J connectivity index is 1.41. The highest BCUT2D eigenvalue weighted by atomic mass is 16.6. The summed E-state index contributed by atoms with van der Waals surface area (Å²) >= 11 is 0. The molecule has 0 amide bonds. The molecule has 20 heavy (non-hydrogen) atoms. The highest BCUT2D eigenvalue weighted by Crippen LogP contribution is 2.16. The van der Waals surface area contributed by atoms with Crippen LogP contribution in [0.15, 0.2) is 4.63 Å². The number of morpholine rings is 1. The topological polar surface area (TPSA) is 57.9 Å². The molecule has 0 unspecified atom stereocenters. The summed E-state index contributed by atoms with van der Waals surface area (Å²) in [5.74, 6) is 0.901. The van der Waals surface area contributed by atoms with Crippen LogP contribution in [-0.2, 0) is 4.74 Å². The van der Waals surface area contributed by atoms with Gasteiger partial charge < -0.3 is 9.64 Å². The van der Waals surface area contributed by atoms with E-state index >= 15 is 0 Å². The molecule has 0 aromatic carbocycles. The molecule has 0 radical (unpaired) electrons. The van der Waals surface area contributed by atoms with Crippen LogP contribution in [-0.4, -0.2) is 85.7 Å². The van der Waals surface area contributed by atoms with Gasteiger partial charge in [0.25, 0.3) is 0 Å². The Hall–Kier alpha value is -1.18. The Labute approximate surface area is 119 Å². The number of ether oxygens (including phenoxy) is 1. The summed E-state index contributed by atoms with van der Waals surface area (Å²) in [5.41, 5.74) is 0.881. The molecular weight excluding hydrogens is 258 g/mol. The molecule has 2 aliphatic rings. The lowest BCUT2D eigenvalue weighted by Gasteiger charge is -2.36. The monoisotopic (exact) mass is 281 g/mol. The van der Waals surface area contributed by atoms with Gasteiger partial charge in [0, 0.05) is 52.4 Å². The minimum Gasteiger partial charge on any atom is -0.379 e. The molecule has 1 aromatic heterocycles. The van der Waals surface area contributed by atoms with Gasteiger partial charge in [0.2, 0.25) is 0 Å². The van der Waals surface area contributed by atoms with E-state index in [9.17, 15) is 0 Å². The molecule has 3 heterocycles. The van der Waals surface area contributed by atoms with Crippen molar-refractivity contribution in [3.8, 4) is 0 Å². The fraction of sp³-hybridized carbons (Fsp3) is 0.846. The van der Waals surface area contributed by atoms with Crippen LogP contribution in [0.2, 0.25) is 0 Å². The van der Waals surface area contributed by atoms with E-state index in [4.69, 9.17) is 9.37 Å². The van der Waals surface area contributed by atoms with Crippen molar-refractivity contribution in [1.29, 1.82) is 0 Å². The molecule has 0 saturated carbocycles. The standard InChI is InChI=1S/C13H23N5O2/c1-12-13(15-20-14-12)18-6-4-16(5-7-18)2-3-17-8-10-19-11-9-17/h2-11H2,1H3. The SMILES string of the molecule is Cc1nonc1N1CCN(CCN2CCOCC2)CC1. The van der Waals surface area contributed by atoms with Gasteiger partial charge in [-0.2, -0.15) is 0 Å². The highest BCUT2D eigenvalue weighted by Gasteiger charge is 2.21. The van der Waals surface area contributed by atoms with Crippen molar-refractivity contribution in [2.24, 2.45) is 0 Å². The number of nitrogens with zero attached hydrogens (tertiary/aromatic N) is 5. The molecule has 0 N–H and O–H groups in total. The first-order valence-electron chi connectivity index (χ1n) is 7.39. The maximum atomic E-state index is 5.37. The Morgan fingerprint density at radius 2 is 1.55 bits per heavy atom. The molecule has 0 spiro atoms. The third kappa shape index (κ3) is 3.28. The number of aryl methyl sites for hydroxylation is 1. The van der Waals surface area contributed by atoms with E-state index in [1.807, 2.05) is 6.92 Å². The van der Waals surface area contributed by atoms with Crippen LogP contribution in [0.25, 0.3) is 0 Å². The van der Waals surface area contributed by atoms with Crippen molar-refractivity contribution >= 4 is 5.82 Å². The molecule has 0 aliphatic carbocycles. The number of hydrogen-bond acceptors (Lipinski definition) is 7. The van der Waals surface area contributed by atoms with Crippen molar-refractivity contribution in [3.05, 3.63) is 5.69 Å². The average Bonchev–Trinajstić information content (AvgIpc) is 2.93. The quantitative estimate of drug-likeness (QED) is 0.759. The third-order valence-electron chi connectivity index (χ3n) is 4.14. The summed E-state index contributed by atoms with van der Waals surface area (Å²) in [6.45, 7) is 12.3. The van der Waals surface area contributed by atoms with Gasteiger partial charge >= 0.3 is 0 Å². The molecule has 7 nitrogen and oxygen atoms in total. The molecular formula is C13H23N5O2. The van der Waals surface area contributed by atoms with Crippen molar-refractivity contribution in [2.75, 3.05) is 70.5 Å². The van der Waals surface area contributed by atoms with E-state index in [2.05, 4.69) is 25.0 Å². The van der Waals surface area contributed by atoms with Gasteiger partial charge in [-0.05, 0) is 12.1 Å². The van der Waals surface area contributed by atoms with Crippen LogP contribution in [0.3, 0.4) is 0 Å². The lowest BCUT2D eigenvalue weighted by Crippen LogP contribution is -2.49. The largest absolute Gasteiger partial charge is 0.379 e. The molecule has 2 fully saturated rings. The summed E-state index contributed by atoms with van der Waals surface area (Å²) < 4.78 is 10.2. The van der Waals surface area contributed by atoms with Gasteiger partial charge in [0.1, 0.15) is 5.69 Å². The zero-order valence-corrected chi connectivity index (χ0v) is 12.1. The Morgan fingerprint density at radius 3 is 2.15 bits per heavy atom. The third-order valence-corrected chi connectivity index (χ3v) is 4.14. The van der Waals surface area contributed by atoms with Gasteiger partial charge in [-0.1, -0.05) is 5.16 Å². The van der Waals surface area contributed by atoms with Gasteiger partial charge in [-0.3, -0.25) is 9.80 Å². The number of rotatable bonds is 4. The second-order valence-corrected chi connectivity index (χ2v) is 5.46. The Bertz CT molecular complexity index is 411. The van der Waals surface area contributed by atoms with E-state index < -0.39 is 0 Å². The maximum absolute atomic E-state index is 5.37. The minimum atomic E-state index is 0.881. The zero-order valence-electron chi connectivity index (χ0n) is 12.1. The van der Waals surface area contributed by atoms with Crippen molar-refractivity contribution in [2.45, 2.75) is 6.92 Å². The summed E-state index contributed by atoms with van der Waals surface area (Å²) in [4.78, 5) is 7.27. The highest BCUT2D eigenvalue weighted by molar-refractivity contribution is 5.41. The van der Waals surface area contributed by atoms with Crippen LogP contribution in [0, 0.1) is 6.92 Å². The summed E-state index contributed by atoms with van der Waals surface area (Å²) in [6.07, 6.45) is 0. The predicted molar refractivity (Wildman–Crippen MR) is 74.9 cm³/mol. The van der Waals surface area contributed by atoms with E-state index in [1.54, 1.807) is 0 Å². The smallest absolute Gasteiger partial charge is 0.196 e. The van der Waals surface area contributed by atoms with Crippen LogP contribution in [0.4, 0.5) is 5.82 Å². The molecule has 0 bridgehead atoms. The van der Waals surface area contributed by atoms with E-state index in [0.29, 0.717) is 0 Å². The molecule has 7 heteroatoms. The number of aromatic nitrogens is 2. The lowest BCUT2D eigenvalue weighted by atomic mass is 10.3. The fourth-order valence-electron chi connectivity index (χ4n) is 2.80. The van der Waals surface area contributed by atoms with Crippen LogP contribution >= 0.6 is 0 Å². The molecule has 3 rings (SSSR count). The number of piperazine rings is 1. The second-order valence-electron chi connectivity index (χ2n) is 5.46. The first-order valence-corrected chi connectivity index (χ1v) is 7.39. The molecule has 2 aliphatic heterocycles. The van der Waals surface area contributed by atoms with E-state index in [-0.39, 0.29) is 0 Å². The summed E-state index contributed by atoms with van der Waals surface area (Å²) in [5, 5.41) is 7.83. The lowest BCUT2D eigenvalue weighted by molar-refractivity contribution is 0.0331. The maximum Gasteiger partial charge on any atom is 0.196 e. The van der Waals surface area contributed by atoms with Crippen molar-refractivity contribution in [1.82, 2.24) is 20.1 Å². The fourth-order valence-corrected chi connectivity index (χ4v) is 2.80. The predicted octanol–water partition coefficient (Wildman–Crippen LogP) is -0.168. The first-order chi connectivity index (χ1) is 9.83. The van der Waals surface area contributed by atoms with Gasteiger partial charge in [0.05, 0.1) is 13.2 Å². The van der Waals surface area contributed by atoms with Crippen LogP contribution in [0.5, 0.6) is 0 Å². The van der Waals surface area contributed by atoms with Crippen LogP contribution in [0.1, 0.15) is 5.69 Å². The van der Waals surface area contributed by atoms with E-state index in [0.717, 1.165) is 77.1 Å². The van der Waals surface area contributed by atoms with Crippen molar-refractivity contribution in [3.63, 3.8) is 0 Å². The van der Waals surface area contributed by atoms with Gasteiger partial charge in [-0.15, -0.1) is 0 Å². The average molecular weight is 281 g/mol. The van der Waals surface area contributed by atoms with Gasteiger partial charge in [-0.25, -0.2) is 4.63 Å². The summed E-state index contributed by atoms with van der Waals surface area (Å²) in [6, 6.07) is 0. The Kier molecular flexibility index (Phi) is 4.49. The molecule has 0 atom stereocenters. The molecule has 2 saturated heterocycles. The second kappa shape index (κ2) is 6.51. The Morgan fingerprint density at radius 1 is 0.900 bits per heavy atom. The van der Waals surface area contributed by atoms with Crippen LogP contribution < -0.4 is 4.90 Å². The zero-order chi connectivity index (χ0) is 13.8. The minimum absolute atomic E-state index is 0.881. The first kappa shape index (κ1) is 13.8. The normalized spacial score (nSPS) is 22.4. The van der Waals surface area contributed by atoms with Crippen molar-refractivity contribution < 1.29 is 9.37 Å². The summed E-state index contributed by atoms with van der Waals surface area (Å²) in [7, 11) is 0.